The summed E-state index contributed by atoms with van der Waals surface area (Å²) in [7, 11) is 0. The summed E-state index contributed by atoms with van der Waals surface area (Å²) in [6, 6.07) is 0.566. The smallest absolute Gasteiger partial charge is 0.266 e. The van der Waals surface area contributed by atoms with Crippen LogP contribution in [0.25, 0.3) is 0 Å². The number of nitrogens with zero attached hydrogens (tertiary/aromatic N) is 1. The van der Waals surface area contributed by atoms with Crippen LogP contribution in [0.3, 0.4) is 0 Å². The Morgan fingerprint density at radius 3 is 2.42 bits per heavy atom. The molecule has 1 aromatic rings. The van der Waals surface area contributed by atoms with Crippen LogP contribution in [0.4, 0.5) is 24.7 Å². The van der Waals surface area contributed by atoms with Gasteiger partial charge in [-0.2, -0.15) is 4.39 Å². The lowest BCUT2D eigenvalue weighted by Gasteiger charge is -2.05. The lowest BCUT2D eigenvalue weighted by atomic mass is 10.2. The topological polar surface area (TPSA) is 64.9 Å². The minimum absolute atomic E-state index is 0.369. The number of alkyl halides is 2. The van der Waals surface area contributed by atoms with E-state index < -0.39 is 23.8 Å². The van der Waals surface area contributed by atoms with E-state index in [1.165, 1.54) is 0 Å². The quantitative estimate of drug-likeness (QED) is 0.636. The van der Waals surface area contributed by atoms with Gasteiger partial charge < -0.3 is 11.5 Å². The molecular formula is C6H6F3N3. The summed E-state index contributed by atoms with van der Waals surface area (Å²) in [4.78, 5) is 3.07. The second-order valence-electron chi connectivity index (χ2n) is 2.13. The van der Waals surface area contributed by atoms with Gasteiger partial charge in [0.05, 0.1) is 5.69 Å². The maximum atomic E-state index is 12.4. The van der Waals surface area contributed by atoms with E-state index in [0.29, 0.717) is 6.07 Å². The second-order valence-corrected chi connectivity index (χ2v) is 2.13. The van der Waals surface area contributed by atoms with Gasteiger partial charge in [-0.1, -0.05) is 0 Å². The Labute approximate surface area is 66.2 Å². The molecule has 0 aromatic carbocycles. The molecule has 1 aromatic heterocycles. The predicted molar refractivity (Wildman–Crippen MR) is 38.0 cm³/mol. The number of hydrogen-bond acceptors (Lipinski definition) is 3. The van der Waals surface area contributed by atoms with E-state index >= 15 is 0 Å². The molecule has 0 saturated heterocycles. The summed E-state index contributed by atoms with van der Waals surface area (Å²) in [5.41, 5.74) is 9.17. The average molecular weight is 177 g/mol. The third-order valence-electron chi connectivity index (χ3n) is 1.32. The molecule has 0 aliphatic heterocycles. The SMILES string of the molecule is Nc1nc(F)cc(C(F)F)c1N. The fourth-order valence-electron chi connectivity index (χ4n) is 0.742. The molecule has 66 valence electrons. The number of anilines is 2. The van der Waals surface area contributed by atoms with E-state index in [4.69, 9.17) is 11.5 Å². The lowest BCUT2D eigenvalue weighted by molar-refractivity contribution is 0.151. The highest BCUT2D eigenvalue weighted by Crippen LogP contribution is 2.28. The van der Waals surface area contributed by atoms with E-state index in [0.717, 1.165) is 0 Å². The molecule has 0 unspecified atom stereocenters. The van der Waals surface area contributed by atoms with Crippen LogP contribution in [0.2, 0.25) is 0 Å². The Morgan fingerprint density at radius 2 is 1.92 bits per heavy atom. The molecule has 0 amide bonds. The van der Waals surface area contributed by atoms with Crippen LogP contribution in [0.5, 0.6) is 0 Å². The van der Waals surface area contributed by atoms with Crippen molar-refractivity contribution in [3.05, 3.63) is 17.6 Å². The third-order valence-corrected chi connectivity index (χ3v) is 1.32. The maximum Gasteiger partial charge on any atom is 0.266 e. The lowest BCUT2D eigenvalue weighted by Crippen LogP contribution is -2.04. The first-order valence-electron chi connectivity index (χ1n) is 3.02. The summed E-state index contributed by atoms with van der Waals surface area (Å²) >= 11 is 0. The molecule has 0 saturated carbocycles. The first-order chi connectivity index (χ1) is 5.52. The van der Waals surface area contributed by atoms with Gasteiger partial charge in [-0.3, -0.25) is 0 Å². The van der Waals surface area contributed by atoms with Crippen molar-refractivity contribution in [2.75, 3.05) is 11.5 Å². The molecule has 0 aliphatic rings. The summed E-state index contributed by atoms with van der Waals surface area (Å²) < 4.78 is 36.5. The summed E-state index contributed by atoms with van der Waals surface area (Å²) in [5, 5.41) is 0. The molecule has 4 N–H and O–H groups in total. The summed E-state index contributed by atoms with van der Waals surface area (Å²) in [6.07, 6.45) is -2.84. The van der Waals surface area contributed by atoms with Gasteiger partial charge in [-0.15, -0.1) is 0 Å². The number of rotatable bonds is 1. The fraction of sp³-hybridized carbons (Fsp3) is 0.167. The van der Waals surface area contributed by atoms with E-state index in [9.17, 15) is 13.2 Å². The van der Waals surface area contributed by atoms with E-state index in [1.807, 2.05) is 0 Å². The zero-order valence-corrected chi connectivity index (χ0v) is 5.89. The van der Waals surface area contributed by atoms with E-state index in [1.54, 1.807) is 0 Å². The van der Waals surface area contributed by atoms with Gasteiger partial charge in [0.15, 0.2) is 0 Å². The number of hydrogen-bond donors (Lipinski definition) is 2. The molecule has 0 aliphatic carbocycles. The highest BCUT2D eigenvalue weighted by Gasteiger charge is 2.15. The van der Waals surface area contributed by atoms with Gasteiger partial charge in [0.2, 0.25) is 5.95 Å². The second kappa shape index (κ2) is 2.88. The minimum Gasteiger partial charge on any atom is -0.395 e. The van der Waals surface area contributed by atoms with Crippen LogP contribution in [0.15, 0.2) is 6.07 Å². The van der Waals surface area contributed by atoms with Crippen LogP contribution < -0.4 is 11.5 Å². The van der Waals surface area contributed by atoms with Crippen LogP contribution in [0, 0.1) is 5.95 Å². The van der Waals surface area contributed by atoms with Crippen molar-refractivity contribution in [1.29, 1.82) is 0 Å². The number of nitrogens with two attached hydrogens (primary N) is 2. The van der Waals surface area contributed by atoms with Gasteiger partial charge in [-0.25, -0.2) is 13.8 Å². The average Bonchev–Trinajstić information content (AvgIpc) is 1.96. The Balaban J connectivity index is 3.28. The van der Waals surface area contributed by atoms with Gasteiger partial charge in [0.1, 0.15) is 5.82 Å². The molecule has 12 heavy (non-hydrogen) atoms. The Bertz CT molecular complexity index is 300. The zero-order valence-electron chi connectivity index (χ0n) is 5.89. The largest absolute Gasteiger partial charge is 0.395 e. The highest BCUT2D eigenvalue weighted by atomic mass is 19.3. The van der Waals surface area contributed by atoms with Gasteiger partial charge in [0, 0.05) is 11.6 Å². The molecule has 1 rings (SSSR count). The van der Waals surface area contributed by atoms with Crippen molar-refractivity contribution in [1.82, 2.24) is 4.98 Å². The minimum atomic E-state index is -2.84. The summed E-state index contributed by atoms with van der Waals surface area (Å²) in [6.45, 7) is 0. The Kier molecular flexibility index (Phi) is 2.07. The fourth-order valence-corrected chi connectivity index (χ4v) is 0.742. The molecule has 6 heteroatoms. The first-order valence-corrected chi connectivity index (χ1v) is 3.02. The number of aromatic nitrogens is 1. The van der Waals surface area contributed by atoms with Crippen LogP contribution in [0.1, 0.15) is 12.0 Å². The van der Waals surface area contributed by atoms with E-state index in [-0.39, 0.29) is 5.69 Å². The van der Waals surface area contributed by atoms with Crippen LogP contribution >= 0.6 is 0 Å². The maximum absolute atomic E-state index is 12.4. The molecule has 0 bridgehead atoms. The van der Waals surface area contributed by atoms with E-state index in [2.05, 4.69) is 4.98 Å². The van der Waals surface area contributed by atoms with Crippen molar-refractivity contribution in [3.8, 4) is 0 Å². The van der Waals surface area contributed by atoms with Crippen molar-refractivity contribution in [3.63, 3.8) is 0 Å². The van der Waals surface area contributed by atoms with Gasteiger partial charge in [-0.05, 0) is 0 Å². The predicted octanol–water partition coefficient (Wildman–Crippen LogP) is 1.32. The summed E-state index contributed by atoms with van der Waals surface area (Å²) in [5.74, 6) is -1.47. The first kappa shape index (κ1) is 8.63. The standard InChI is InChI=1S/C6H6F3N3/c7-3-1-2(5(8)9)4(10)6(11)12-3/h1,5H,10H2,(H2,11,12). The van der Waals surface area contributed by atoms with Gasteiger partial charge in [0.25, 0.3) is 6.43 Å². The number of pyridine rings is 1. The monoisotopic (exact) mass is 177 g/mol. The molecular weight excluding hydrogens is 171 g/mol. The van der Waals surface area contributed by atoms with Crippen molar-refractivity contribution < 1.29 is 13.2 Å². The molecule has 3 nitrogen and oxygen atoms in total. The Morgan fingerprint density at radius 1 is 1.33 bits per heavy atom. The highest BCUT2D eigenvalue weighted by molar-refractivity contribution is 5.63. The molecule has 0 atom stereocenters. The molecule has 1 heterocycles. The van der Waals surface area contributed by atoms with Gasteiger partial charge >= 0.3 is 0 Å². The van der Waals surface area contributed by atoms with Crippen molar-refractivity contribution in [2.45, 2.75) is 6.43 Å². The molecule has 0 spiro atoms. The third kappa shape index (κ3) is 1.41. The molecule has 0 radical (unpaired) electrons. The number of halogens is 3. The number of nitrogen functional groups attached to an aromatic ring is 2. The molecule has 0 fully saturated rings. The van der Waals surface area contributed by atoms with Crippen molar-refractivity contribution >= 4 is 11.5 Å². The van der Waals surface area contributed by atoms with Crippen LogP contribution in [-0.2, 0) is 0 Å². The van der Waals surface area contributed by atoms with Crippen molar-refractivity contribution in [2.24, 2.45) is 0 Å². The van der Waals surface area contributed by atoms with Crippen LogP contribution in [-0.4, -0.2) is 4.98 Å². The Hall–Kier alpha value is -1.46. The normalized spacial score (nSPS) is 10.7. The zero-order chi connectivity index (χ0) is 9.30.